The van der Waals surface area contributed by atoms with Gasteiger partial charge in [0.05, 0.1) is 12.5 Å². The molecule has 2 aromatic carbocycles. The van der Waals surface area contributed by atoms with E-state index in [9.17, 15) is 14.3 Å². The zero-order chi connectivity index (χ0) is 17.5. The number of carboxylic acid groups (broad SMARTS) is 1. The van der Waals surface area contributed by atoms with E-state index in [4.69, 9.17) is 4.74 Å². The molecule has 0 fully saturated rings. The number of carboxylic acids is 1. The molecule has 128 valence electrons. The fraction of sp³-hybridized carbons (Fsp3) is 0.350. The maximum Gasteiger partial charge on any atom is 0.311 e. The first-order valence-electron chi connectivity index (χ1n) is 8.22. The summed E-state index contributed by atoms with van der Waals surface area (Å²) >= 11 is 0. The van der Waals surface area contributed by atoms with Gasteiger partial charge in [0, 0.05) is 0 Å². The van der Waals surface area contributed by atoms with Crippen molar-refractivity contribution in [3.05, 3.63) is 65.0 Å². The molecule has 24 heavy (non-hydrogen) atoms. The van der Waals surface area contributed by atoms with Gasteiger partial charge < -0.3 is 9.84 Å². The van der Waals surface area contributed by atoms with Gasteiger partial charge in [-0.3, -0.25) is 4.79 Å². The van der Waals surface area contributed by atoms with Crippen LogP contribution in [0.4, 0.5) is 4.39 Å². The summed E-state index contributed by atoms with van der Waals surface area (Å²) in [6.45, 7) is 4.40. The minimum absolute atomic E-state index is 0.294. The van der Waals surface area contributed by atoms with Gasteiger partial charge in [-0.25, -0.2) is 4.39 Å². The second-order valence-electron chi connectivity index (χ2n) is 5.95. The summed E-state index contributed by atoms with van der Waals surface area (Å²) in [6.07, 6.45) is 2.33. The summed E-state index contributed by atoms with van der Waals surface area (Å²) in [5.41, 5.74) is 1.84. The van der Waals surface area contributed by atoms with E-state index in [-0.39, 0.29) is 5.82 Å². The molecule has 1 atom stereocenters. The Morgan fingerprint density at radius 3 is 2.71 bits per heavy atom. The van der Waals surface area contributed by atoms with E-state index in [1.165, 1.54) is 6.07 Å². The van der Waals surface area contributed by atoms with Crippen LogP contribution in [0.3, 0.4) is 0 Å². The van der Waals surface area contributed by atoms with E-state index in [0.717, 1.165) is 24.2 Å². The number of hydrogen-bond acceptors (Lipinski definition) is 2. The molecule has 4 heteroatoms. The van der Waals surface area contributed by atoms with E-state index in [1.807, 2.05) is 24.3 Å². The summed E-state index contributed by atoms with van der Waals surface area (Å²) < 4.78 is 19.4. The zero-order valence-corrected chi connectivity index (χ0v) is 14.1. The molecule has 0 amide bonds. The van der Waals surface area contributed by atoms with Crippen LogP contribution in [0.15, 0.2) is 42.5 Å². The van der Waals surface area contributed by atoms with E-state index < -0.39 is 11.9 Å². The highest BCUT2D eigenvalue weighted by Gasteiger charge is 2.21. The number of benzene rings is 2. The molecule has 2 aromatic rings. The maximum atomic E-state index is 13.8. The molecule has 3 nitrogen and oxygen atoms in total. The molecule has 0 aliphatic carbocycles. The largest absolute Gasteiger partial charge is 0.494 e. The third kappa shape index (κ3) is 4.82. The van der Waals surface area contributed by atoms with Crippen molar-refractivity contribution in [1.29, 1.82) is 0 Å². The highest BCUT2D eigenvalue weighted by molar-refractivity contribution is 5.76. The Labute approximate surface area is 142 Å². The first-order valence-corrected chi connectivity index (χ1v) is 8.22. The van der Waals surface area contributed by atoms with Gasteiger partial charge in [-0.1, -0.05) is 37.6 Å². The number of aryl methyl sites for hydroxylation is 1. The van der Waals surface area contributed by atoms with Gasteiger partial charge in [-0.15, -0.1) is 0 Å². The van der Waals surface area contributed by atoms with E-state index in [1.54, 1.807) is 19.1 Å². The minimum Gasteiger partial charge on any atom is -0.494 e. The molecule has 1 N–H and O–H groups in total. The fourth-order valence-corrected chi connectivity index (χ4v) is 2.51. The Balaban J connectivity index is 2.17. The first-order chi connectivity index (χ1) is 11.5. The number of unbranched alkanes of at least 4 members (excludes halogenated alkanes) is 1. The van der Waals surface area contributed by atoms with Crippen molar-refractivity contribution in [3.8, 4) is 5.75 Å². The van der Waals surface area contributed by atoms with Crippen molar-refractivity contribution >= 4 is 5.97 Å². The minimum atomic E-state index is -0.962. The van der Waals surface area contributed by atoms with E-state index >= 15 is 0 Å². The summed E-state index contributed by atoms with van der Waals surface area (Å²) in [7, 11) is 0. The summed E-state index contributed by atoms with van der Waals surface area (Å²) in [4.78, 5) is 11.6. The van der Waals surface area contributed by atoms with Crippen molar-refractivity contribution in [2.45, 2.75) is 39.0 Å². The lowest BCUT2D eigenvalue weighted by Crippen LogP contribution is -2.15. The normalized spacial score (nSPS) is 12.0. The molecule has 0 radical (unpaired) electrons. The van der Waals surface area contributed by atoms with Crippen LogP contribution < -0.4 is 4.74 Å². The standard InChI is InChI=1S/C20H23FO3/c1-3-4-10-24-17-7-5-6-15(11-17)12-18(20(22)23)16-9-8-14(2)19(21)13-16/h5-9,11,13,18H,3-4,10,12H2,1-2H3,(H,22,23). The lowest BCUT2D eigenvalue weighted by Gasteiger charge is -2.14. The number of aliphatic carboxylic acids is 1. The third-order valence-electron chi connectivity index (χ3n) is 4.00. The number of carbonyl (C=O) groups is 1. The highest BCUT2D eigenvalue weighted by Crippen LogP contribution is 2.25. The molecule has 1 unspecified atom stereocenters. The predicted molar refractivity (Wildman–Crippen MR) is 92.1 cm³/mol. The van der Waals surface area contributed by atoms with Gasteiger partial charge >= 0.3 is 5.97 Å². The Morgan fingerprint density at radius 1 is 1.25 bits per heavy atom. The van der Waals surface area contributed by atoms with E-state index in [0.29, 0.717) is 24.2 Å². The van der Waals surface area contributed by atoms with Gasteiger partial charge in [0.25, 0.3) is 0 Å². The van der Waals surface area contributed by atoms with Crippen molar-refractivity contribution < 1.29 is 19.0 Å². The van der Waals surface area contributed by atoms with Crippen LogP contribution >= 0.6 is 0 Å². The molecule has 0 saturated heterocycles. The molecule has 0 saturated carbocycles. The molecule has 0 aliphatic rings. The topological polar surface area (TPSA) is 46.5 Å². The van der Waals surface area contributed by atoms with Gasteiger partial charge in [-0.05, 0) is 54.7 Å². The summed E-state index contributed by atoms with van der Waals surface area (Å²) in [6, 6.07) is 12.1. The van der Waals surface area contributed by atoms with Crippen LogP contribution in [0.2, 0.25) is 0 Å². The molecule has 0 heterocycles. The number of hydrogen-bond donors (Lipinski definition) is 1. The van der Waals surface area contributed by atoms with Crippen LogP contribution in [-0.4, -0.2) is 17.7 Å². The lowest BCUT2D eigenvalue weighted by molar-refractivity contribution is -0.138. The Kier molecular flexibility index (Phi) is 6.36. The maximum absolute atomic E-state index is 13.8. The lowest BCUT2D eigenvalue weighted by atomic mass is 9.91. The summed E-state index contributed by atoms with van der Waals surface area (Å²) in [5.74, 6) is -1.39. The second-order valence-corrected chi connectivity index (χ2v) is 5.95. The molecule has 2 rings (SSSR count). The first kappa shape index (κ1) is 18.0. The fourth-order valence-electron chi connectivity index (χ4n) is 2.51. The van der Waals surface area contributed by atoms with E-state index in [2.05, 4.69) is 6.92 Å². The van der Waals surface area contributed by atoms with Crippen LogP contribution in [0.25, 0.3) is 0 Å². The molecular formula is C20H23FO3. The summed E-state index contributed by atoms with van der Waals surface area (Å²) in [5, 5.41) is 9.54. The number of rotatable bonds is 8. The SMILES string of the molecule is CCCCOc1cccc(CC(C(=O)O)c2ccc(C)c(F)c2)c1. The van der Waals surface area contributed by atoms with Crippen LogP contribution in [0.5, 0.6) is 5.75 Å². The molecule has 0 aliphatic heterocycles. The molecular weight excluding hydrogens is 307 g/mol. The number of halogens is 1. The Morgan fingerprint density at radius 2 is 2.04 bits per heavy atom. The predicted octanol–water partition coefficient (Wildman–Crippen LogP) is 4.72. The van der Waals surface area contributed by atoms with Crippen LogP contribution in [0.1, 0.15) is 42.4 Å². The Hall–Kier alpha value is -2.36. The van der Waals surface area contributed by atoms with Crippen LogP contribution in [-0.2, 0) is 11.2 Å². The third-order valence-corrected chi connectivity index (χ3v) is 4.00. The van der Waals surface area contributed by atoms with Crippen molar-refractivity contribution in [1.82, 2.24) is 0 Å². The Bertz CT molecular complexity index is 697. The second kappa shape index (κ2) is 8.48. The zero-order valence-electron chi connectivity index (χ0n) is 14.1. The average molecular weight is 330 g/mol. The molecule has 0 bridgehead atoms. The van der Waals surface area contributed by atoms with Gasteiger partial charge in [-0.2, -0.15) is 0 Å². The smallest absolute Gasteiger partial charge is 0.311 e. The monoisotopic (exact) mass is 330 g/mol. The van der Waals surface area contributed by atoms with Gasteiger partial charge in [0.1, 0.15) is 11.6 Å². The van der Waals surface area contributed by atoms with Crippen molar-refractivity contribution in [3.63, 3.8) is 0 Å². The van der Waals surface area contributed by atoms with Crippen molar-refractivity contribution in [2.24, 2.45) is 0 Å². The highest BCUT2D eigenvalue weighted by atomic mass is 19.1. The molecule has 0 aromatic heterocycles. The quantitative estimate of drug-likeness (QED) is 0.712. The average Bonchev–Trinajstić information content (AvgIpc) is 2.56. The molecule has 0 spiro atoms. The van der Waals surface area contributed by atoms with Gasteiger partial charge in [0.2, 0.25) is 0 Å². The van der Waals surface area contributed by atoms with Gasteiger partial charge in [0.15, 0.2) is 0 Å². The van der Waals surface area contributed by atoms with Crippen LogP contribution in [0, 0.1) is 12.7 Å². The van der Waals surface area contributed by atoms with Crippen molar-refractivity contribution in [2.75, 3.05) is 6.61 Å². The number of ether oxygens (including phenoxy) is 1.